The van der Waals surface area contributed by atoms with E-state index in [9.17, 15) is 14.4 Å². The summed E-state index contributed by atoms with van der Waals surface area (Å²) in [5.74, 6) is -1.51. The summed E-state index contributed by atoms with van der Waals surface area (Å²) in [5, 5.41) is 7.11. The Morgan fingerprint density at radius 1 is 0.941 bits per heavy atom. The third-order valence-corrected chi connectivity index (χ3v) is 5.81. The zero-order chi connectivity index (χ0) is 24.7. The Morgan fingerprint density at radius 3 is 2.44 bits per heavy atom. The van der Waals surface area contributed by atoms with E-state index in [1.54, 1.807) is 42.5 Å². The average Bonchev–Trinajstić information content (AvgIpc) is 2.81. The number of nitrogens with one attached hydrogen (secondary N) is 2. The van der Waals surface area contributed by atoms with Gasteiger partial charge in [0, 0.05) is 15.6 Å². The molecule has 0 aliphatic rings. The van der Waals surface area contributed by atoms with Crippen molar-refractivity contribution in [1.29, 1.82) is 0 Å². The van der Waals surface area contributed by atoms with Crippen LogP contribution in [0.4, 0.5) is 0 Å². The molecular formula is C23H15BrCl3N3O4. The first-order valence-electron chi connectivity index (χ1n) is 9.56. The third-order valence-electron chi connectivity index (χ3n) is 4.25. The number of hydrazone groups is 1. The number of carbonyl (C=O) groups is 3. The van der Waals surface area contributed by atoms with Crippen LogP contribution in [0.15, 0.2) is 70.2 Å². The van der Waals surface area contributed by atoms with Crippen LogP contribution in [0.3, 0.4) is 0 Å². The molecule has 0 heterocycles. The van der Waals surface area contributed by atoms with Gasteiger partial charge in [0.2, 0.25) is 0 Å². The van der Waals surface area contributed by atoms with E-state index >= 15 is 0 Å². The first kappa shape index (κ1) is 25.7. The van der Waals surface area contributed by atoms with Crippen LogP contribution >= 0.6 is 50.7 Å². The van der Waals surface area contributed by atoms with Crippen LogP contribution in [0.5, 0.6) is 5.75 Å². The van der Waals surface area contributed by atoms with Crippen LogP contribution < -0.4 is 15.5 Å². The van der Waals surface area contributed by atoms with Gasteiger partial charge in [0.05, 0.1) is 33.4 Å². The van der Waals surface area contributed by atoms with Crippen LogP contribution in [0.25, 0.3) is 0 Å². The fraction of sp³-hybridized carbons (Fsp3) is 0.0435. The number of carbonyl (C=O) groups excluding carboxylic acids is 3. The molecule has 3 rings (SSSR count). The molecule has 2 amide bonds. The largest absolute Gasteiger partial charge is 0.422 e. The highest BCUT2D eigenvalue weighted by Gasteiger charge is 2.14. The van der Waals surface area contributed by atoms with Gasteiger partial charge in [-0.05, 0) is 48.5 Å². The van der Waals surface area contributed by atoms with E-state index in [0.717, 1.165) is 0 Å². The summed E-state index contributed by atoms with van der Waals surface area (Å²) in [6, 6.07) is 15.8. The van der Waals surface area contributed by atoms with Crippen molar-refractivity contribution in [3.05, 3.63) is 96.9 Å². The van der Waals surface area contributed by atoms with Gasteiger partial charge in [0.25, 0.3) is 11.8 Å². The van der Waals surface area contributed by atoms with E-state index in [-0.39, 0.29) is 33.5 Å². The summed E-state index contributed by atoms with van der Waals surface area (Å²) in [5.41, 5.74) is 3.17. The van der Waals surface area contributed by atoms with Gasteiger partial charge in [-0.1, -0.05) is 62.9 Å². The maximum absolute atomic E-state index is 12.5. The molecular weight excluding hydrogens is 569 g/mol. The summed E-state index contributed by atoms with van der Waals surface area (Å²) in [6.07, 6.45) is 1.30. The van der Waals surface area contributed by atoms with Crippen molar-refractivity contribution >= 4 is 74.7 Å². The minimum absolute atomic E-state index is 0.207. The van der Waals surface area contributed by atoms with Gasteiger partial charge in [-0.25, -0.2) is 10.2 Å². The van der Waals surface area contributed by atoms with Gasteiger partial charge in [-0.15, -0.1) is 0 Å². The summed E-state index contributed by atoms with van der Waals surface area (Å²) >= 11 is 21.1. The molecule has 0 fully saturated rings. The molecule has 34 heavy (non-hydrogen) atoms. The van der Waals surface area contributed by atoms with Gasteiger partial charge in [-0.3, -0.25) is 9.59 Å². The SMILES string of the molecule is O=C(CNC(=O)c1ccc(Cl)c(Cl)c1)NN=Cc1cc(Br)ccc1OC(=O)c1ccccc1Cl. The molecule has 0 saturated heterocycles. The van der Waals surface area contributed by atoms with E-state index in [1.807, 2.05) is 0 Å². The normalized spacial score (nSPS) is 10.7. The molecule has 2 N–H and O–H groups in total. The maximum Gasteiger partial charge on any atom is 0.345 e. The number of amides is 2. The highest BCUT2D eigenvalue weighted by atomic mass is 79.9. The Kier molecular flexibility index (Phi) is 9.06. The minimum Gasteiger partial charge on any atom is -0.422 e. The number of ether oxygens (including phenoxy) is 1. The summed E-state index contributed by atoms with van der Waals surface area (Å²) < 4.78 is 6.15. The van der Waals surface area contributed by atoms with Crippen molar-refractivity contribution in [2.75, 3.05) is 6.54 Å². The van der Waals surface area contributed by atoms with Crippen molar-refractivity contribution in [3.63, 3.8) is 0 Å². The molecule has 0 saturated carbocycles. The van der Waals surface area contributed by atoms with Gasteiger partial charge in [0.15, 0.2) is 0 Å². The molecule has 0 aliphatic carbocycles. The molecule has 11 heteroatoms. The van der Waals surface area contributed by atoms with E-state index in [4.69, 9.17) is 39.5 Å². The smallest absolute Gasteiger partial charge is 0.345 e. The van der Waals surface area contributed by atoms with E-state index < -0.39 is 17.8 Å². The maximum atomic E-state index is 12.5. The number of hydrogen-bond acceptors (Lipinski definition) is 5. The van der Waals surface area contributed by atoms with Crippen LogP contribution in [-0.2, 0) is 4.79 Å². The van der Waals surface area contributed by atoms with Crippen LogP contribution in [0.1, 0.15) is 26.3 Å². The standard InChI is InChI=1S/C23H15BrCl3N3O4/c24-15-6-8-20(34-23(33)16-3-1-2-4-17(16)25)14(9-15)11-29-30-21(31)12-28-22(32)13-5-7-18(26)19(27)10-13/h1-11H,12H2,(H,28,32)(H,30,31). The first-order chi connectivity index (χ1) is 16.2. The Morgan fingerprint density at radius 2 is 1.71 bits per heavy atom. The molecule has 0 radical (unpaired) electrons. The van der Waals surface area contributed by atoms with E-state index in [1.165, 1.54) is 24.4 Å². The van der Waals surface area contributed by atoms with Gasteiger partial charge in [-0.2, -0.15) is 5.10 Å². The molecule has 0 atom stereocenters. The highest BCUT2D eigenvalue weighted by molar-refractivity contribution is 9.10. The van der Waals surface area contributed by atoms with Gasteiger partial charge in [0.1, 0.15) is 5.75 Å². The minimum atomic E-state index is -0.642. The number of hydrogen-bond donors (Lipinski definition) is 2. The molecule has 7 nitrogen and oxygen atoms in total. The lowest BCUT2D eigenvalue weighted by Crippen LogP contribution is -2.34. The molecule has 174 valence electrons. The Labute approximate surface area is 218 Å². The average molecular weight is 584 g/mol. The third kappa shape index (κ3) is 7.04. The topological polar surface area (TPSA) is 96.9 Å². The molecule has 0 aliphatic heterocycles. The zero-order valence-corrected chi connectivity index (χ0v) is 21.0. The van der Waals surface area contributed by atoms with Gasteiger partial charge >= 0.3 is 5.97 Å². The molecule has 0 spiro atoms. The van der Waals surface area contributed by atoms with Crippen molar-refractivity contribution in [1.82, 2.24) is 10.7 Å². The van der Waals surface area contributed by atoms with Crippen molar-refractivity contribution in [3.8, 4) is 5.75 Å². The lowest BCUT2D eigenvalue weighted by atomic mass is 10.2. The van der Waals surface area contributed by atoms with Crippen LogP contribution in [-0.4, -0.2) is 30.5 Å². The van der Waals surface area contributed by atoms with Crippen molar-refractivity contribution < 1.29 is 19.1 Å². The van der Waals surface area contributed by atoms with Gasteiger partial charge < -0.3 is 10.1 Å². The van der Waals surface area contributed by atoms with Crippen LogP contribution in [0, 0.1) is 0 Å². The Hall–Kier alpha value is -2.91. The summed E-state index contributed by atoms with van der Waals surface area (Å²) in [7, 11) is 0. The fourth-order valence-electron chi connectivity index (χ4n) is 2.61. The van der Waals surface area contributed by atoms with Crippen molar-refractivity contribution in [2.24, 2.45) is 5.10 Å². The monoisotopic (exact) mass is 581 g/mol. The zero-order valence-electron chi connectivity index (χ0n) is 17.2. The lowest BCUT2D eigenvalue weighted by Gasteiger charge is -2.09. The predicted octanol–water partition coefficient (Wildman–Crippen LogP) is 5.51. The molecule has 0 aromatic heterocycles. The lowest BCUT2D eigenvalue weighted by molar-refractivity contribution is -0.120. The summed E-state index contributed by atoms with van der Waals surface area (Å²) in [6.45, 7) is -0.330. The Balaban J connectivity index is 1.60. The molecule has 0 bridgehead atoms. The Bertz CT molecular complexity index is 1280. The van der Waals surface area contributed by atoms with E-state index in [0.29, 0.717) is 15.1 Å². The number of benzene rings is 3. The number of esters is 1. The highest BCUT2D eigenvalue weighted by Crippen LogP contribution is 2.25. The van der Waals surface area contributed by atoms with Crippen LogP contribution in [0.2, 0.25) is 15.1 Å². The van der Waals surface area contributed by atoms with E-state index in [2.05, 4.69) is 31.8 Å². The second-order valence-corrected chi connectivity index (χ2v) is 8.79. The second kappa shape index (κ2) is 12.0. The summed E-state index contributed by atoms with van der Waals surface area (Å²) in [4.78, 5) is 36.7. The molecule has 3 aromatic rings. The molecule has 0 unspecified atom stereocenters. The second-order valence-electron chi connectivity index (χ2n) is 6.66. The number of rotatable bonds is 7. The van der Waals surface area contributed by atoms with Crippen molar-refractivity contribution in [2.45, 2.75) is 0 Å². The fourth-order valence-corrected chi connectivity index (χ4v) is 3.50. The quantitative estimate of drug-likeness (QED) is 0.166. The predicted molar refractivity (Wildman–Crippen MR) is 135 cm³/mol. The number of nitrogens with zero attached hydrogens (tertiary/aromatic N) is 1. The number of halogens is 4. The first-order valence-corrected chi connectivity index (χ1v) is 11.5. The molecule has 3 aromatic carbocycles.